The number of likely N-dealkylation sites (tertiary alicyclic amines) is 1. The van der Waals surface area contributed by atoms with Crippen LogP contribution in [0.15, 0.2) is 0 Å². The molecule has 1 rings (SSSR count). The number of carboxylic acid groups (broad SMARTS) is 1. The number of aliphatic carboxylic acids is 1. The van der Waals surface area contributed by atoms with Crippen LogP contribution >= 0.6 is 0 Å². The molecule has 0 spiro atoms. The Morgan fingerprint density at radius 1 is 1.44 bits per heavy atom. The van der Waals surface area contributed by atoms with Gasteiger partial charge in [0.2, 0.25) is 0 Å². The fourth-order valence-electron chi connectivity index (χ4n) is 1.97. The van der Waals surface area contributed by atoms with Crippen molar-refractivity contribution in [3.8, 4) is 0 Å². The molecule has 0 aromatic rings. The summed E-state index contributed by atoms with van der Waals surface area (Å²) < 4.78 is 5.22. The molecule has 1 heterocycles. The highest BCUT2D eigenvalue weighted by Crippen LogP contribution is 2.17. The zero-order valence-corrected chi connectivity index (χ0v) is 11.0. The summed E-state index contributed by atoms with van der Waals surface area (Å²) >= 11 is 0. The second kappa shape index (κ2) is 7.20. The van der Waals surface area contributed by atoms with E-state index in [4.69, 9.17) is 9.84 Å². The van der Waals surface area contributed by atoms with Gasteiger partial charge in [-0.1, -0.05) is 0 Å². The van der Waals surface area contributed by atoms with Crippen molar-refractivity contribution >= 4 is 12.0 Å². The summed E-state index contributed by atoms with van der Waals surface area (Å²) in [5, 5.41) is 11.7. The molecule has 1 aliphatic heterocycles. The molecular formula is C12H22N2O4. The molecule has 1 aliphatic rings. The van der Waals surface area contributed by atoms with Gasteiger partial charge in [0.15, 0.2) is 0 Å². The van der Waals surface area contributed by atoms with Crippen LogP contribution in [0.2, 0.25) is 0 Å². The summed E-state index contributed by atoms with van der Waals surface area (Å²) in [5.74, 6) is -1.07. The second-order valence-electron chi connectivity index (χ2n) is 4.61. The lowest BCUT2D eigenvalue weighted by Gasteiger charge is -2.31. The second-order valence-corrected chi connectivity index (χ2v) is 4.61. The minimum Gasteiger partial charge on any atom is -0.481 e. The standard InChI is InChI=1S/C12H22N2O4/c1-3-18-8-9(2)13-12(17)14-6-4-10(5-7-14)11(15)16/h9-10H,3-8H2,1-2H3,(H,13,17)(H,15,16). The van der Waals surface area contributed by atoms with Crippen LogP contribution in [0.25, 0.3) is 0 Å². The van der Waals surface area contributed by atoms with Crippen molar-refractivity contribution in [2.24, 2.45) is 5.92 Å². The van der Waals surface area contributed by atoms with E-state index in [1.165, 1.54) is 0 Å². The van der Waals surface area contributed by atoms with E-state index in [9.17, 15) is 9.59 Å². The van der Waals surface area contributed by atoms with Crippen LogP contribution in [0.5, 0.6) is 0 Å². The van der Waals surface area contributed by atoms with Crippen LogP contribution in [0.4, 0.5) is 4.79 Å². The summed E-state index contributed by atoms with van der Waals surface area (Å²) in [7, 11) is 0. The molecule has 0 saturated carbocycles. The first-order valence-corrected chi connectivity index (χ1v) is 6.40. The molecule has 0 bridgehead atoms. The van der Waals surface area contributed by atoms with Gasteiger partial charge in [-0.25, -0.2) is 4.79 Å². The van der Waals surface area contributed by atoms with Crippen molar-refractivity contribution in [2.75, 3.05) is 26.3 Å². The Labute approximate surface area is 107 Å². The molecule has 18 heavy (non-hydrogen) atoms. The van der Waals surface area contributed by atoms with Crippen molar-refractivity contribution in [2.45, 2.75) is 32.7 Å². The Bertz CT molecular complexity index is 288. The SMILES string of the molecule is CCOCC(C)NC(=O)N1CCC(C(=O)O)CC1. The van der Waals surface area contributed by atoms with Crippen molar-refractivity contribution in [3.05, 3.63) is 0 Å². The van der Waals surface area contributed by atoms with E-state index in [1.807, 2.05) is 13.8 Å². The van der Waals surface area contributed by atoms with Crippen molar-refractivity contribution in [1.82, 2.24) is 10.2 Å². The fraction of sp³-hybridized carbons (Fsp3) is 0.833. The summed E-state index contributed by atoms with van der Waals surface area (Å²) in [6.07, 6.45) is 1.06. The van der Waals surface area contributed by atoms with Crippen LogP contribution in [0, 0.1) is 5.92 Å². The molecule has 0 aliphatic carbocycles. The molecule has 104 valence electrons. The molecule has 0 aromatic heterocycles. The van der Waals surface area contributed by atoms with Crippen LogP contribution in [0.1, 0.15) is 26.7 Å². The predicted octanol–water partition coefficient (Wildman–Crippen LogP) is 0.918. The van der Waals surface area contributed by atoms with Gasteiger partial charge < -0.3 is 20.1 Å². The number of hydrogen-bond donors (Lipinski definition) is 2. The predicted molar refractivity (Wildman–Crippen MR) is 66.4 cm³/mol. The first-order valence-electron chi connectivity index (χ1n) is 6.40. The number of rotatable bonds is 5. The van der Waals surface area contributed by atoms with Crippen molar-refractivity contribution in [3.63, 3.8) is 0 Å². The molecule has 1 fully saturated rings. The largest absolute Gasteiger partial charge is 0.481 e. The number of carboxylic acids is 1. The Balaban J connectivity index is 2.29. The third-order valence-corrected chi connectivity index (χ3v) is 3.07. The van der Waals surface area contributed by atoms with E-state index in [2.05, 4.69) is 5.32 Å². The number of nitrogens with one attached hydrogen (secondary N) is 1. The van der Waals surface area contributed by atoms with E-state index in [0.717, 1.165) is 0 Å². The molecule has 2 amide bonds. The Morgan fingerprint density at radius 2 is 2.06 bits per heavy atom. The van der Waals surface area contributed by atoms with E-state index in [1.54, 1.807) is 4.90 Å². The van der Waals surface area contributed by atoms with Gasteiger partial charge in [0, 0.05) is 19.7 Å². The third-order valence-electron chi connectivity index (χ3n) is 3.07. The molecule has 0 aromatic carbocycles. The van der Waals surface area contributed by atoms with Gasteiger partial charge in [-0.15, -0.1) is 0 Å². The van der Waals surface area contributed by atoms with Crippen molar-refractivity contribution < 1.29 is 19.4 Å². The molecule has 2 N–H and O–H groups in total. The van der Waals surface area contributed by atoms with Crippen LogP contribution < -0.4 is 5.32 Å². The average Bonchev–Trinajstić information content (AvgIpc) is 2.36. The molecule has 1 atom stereocenters. The zero-order valence-electron chi connectivity index (χ0n) is 11.0. The van der Waals surface area contributed by atoms with Gasteiger partial charge in [0.1, 0.15) is 0 Å². The lowest BCUT2D eigenvalue weighted by molar-refractivity contribution is -0.143. The number of ether oxygens (including phenoxy) is 1. The average molecular weight is 258 g/mol. The summed E-state index contributed by atoms with van der Waals surface area (Å²) in [5.41, 5.74) is 0. The van der Waals surface area contributed by atoms with Gasteiger partial charge in [0.05, 0.1) is 18.6 Å². The summed E-state index contributed by atoms with van der Waals surface area (Å²) in [6.45, 7) is 5.93. The van der Waals surface area contributed by atoms with Gasteiger partial charge in [0.25, 0.3) is 0 Å². The van der Waals surface area contributed by atoms with Crippen LogP contribution in [0.3, 0.4) is 0 Å². The molecule has 6 heteroatoms. The highest BCUT2D eigenvalue weighted by Gasteiger charge is 2.27. The first-order chi connectivity index (χ1) is 8.54. The molecule has 6 nitrogen and oxygen atoms in total. The van der Waals surface area contributed by atoms with Crippen molar-refractivity contribution in [1.29, 1.82) is 0 Å². The Kier molecular flexibility index (Phi) is 5.91. The van der Waals surface area contributed by atoms with Gasteiger partial charge in [-0.05, 0) is 26.7 Å². The highest BCUT2D eigenvalue weighted by molar-refractivity contribution is 5.75. The maximum absolute atomic E-state index is 11.9. The van der Waals surface area contributed by atoms with Gasteiger partial charge >= 0.3 is 12.0 Å². The first kappa shape index (κ1) is 14.8. The van der Waals surface area contributed by atoms with E-state index >= 15 is 0 Å². The molecule has 0 radical (unpaired) electrons. The van der Waals surface area contributed by atoms with Crippen LogP contribution in [-0.4, -0.2) is 54.4 Å². The molecule has 1 unspecified atom stereocenters. The minimum absolute atomic E-state index is 0.0327. The maximum atomic E-state index is 11.9. The number of hydrogen-bond acceptors (Lipinski definition) is 3. The fourth-order valence-corrected chi connectivity index (χ4v) is 1.97. The molecular weight excluding hydrogens is 236 g/mol. The summed E-state index contributed by atoms with van der Waals surface area (Å²) in [4.78, 5) is 24.3. The number of nitrogens with zero attached hydrogens (tertiary/aromatic N) is 1. The Morgan fingerprint density at radius 3 is 2.56 bits per heavy atom. The van der Waals surface area contributed by atoms with Gasteiger partial charge in [-0.3, -0.25) is 4.79 Å². The van der Waals surface area contributed by atoms with E-state index in [-0.39, 0.29) is 18.0 Å². The zero-order chi connectivity index (χ0) is 13.5. The maximum Gasteiger partial charge on any atom is 0.317 e. The Hall–Kier alpha value is -1.30. The lowest BCUT2D eigenvalue weighted by atomic mass is 9.97. The number of carbonyl (C=O) groups is 2. The molecule has 1 saturated heterocycles. The van der Waals surface area contributed by atoms with Crippen LogP contribution in [-0.2, 0) is 9.53 Å². The minimum atomic E-state index is -0.764. The normalized spacial score (nSPS) is 18.4. The topological polar surface area (TPSA) is 78.9 Å². The number of piperidine rings is 1. The quantitative estimate of drug-likeness (QED) is 0.768. The number of carbonyl (C=O) groups excluding carboxylic acids is 1. The van der Waals surface area contributed by atoms with E-state index in [0.29, 0.717) is 39.1 Å². The number of amides is 2. The smallest absolute Gasteiger partial charge is 0.317 e. The monoisotopic (exact) mass is 258 g/mol. The third kappa shape index (κ3) is 4.52. The van der Waals surface area contributed by atoms with E-state index < -0.39 is 5.97 Å². The van der Waals surface area contributed by atoms with Gasteiger partial charge in [-0.2, -0.15) is 0 Å². The number of urea groups is 1. The summed E-state index contributed by atoms with van der Waals surface area (Å²) in [6, 6.07) is -0.166. The lowest BCUT2D eigenvalue weighted by Crippen LogP contribution is -2.48. The highest BCUT2D eigenvalue weighted by atomic mass is 16.5.